The van der Waals surface area contributed by atoms with Crippen molar-refractivity contribution in [2.75, 3.05) is 33.2 Å². The molecule has 1 heterocycles. The zero-order chi connectivity index (χ0) is 19.1. The summed E-state index contributed by atoms with van der Waals surface area (Å²) >= 11 is 0. The summed E-state index contributed by atoms with van der Waals surface area (Å²) in [7, 11) is 4.49. The number of benzene rings is 1. The predicted octanol–water partition coefficient (Wildman–Crippen LogP) is 1.40. The number of anilines is 1. The van der Waals surface area contributed by atoms with Crippen LogP contribution < -0.4 is 30.4 Å². The summed E-state index contributed by atoms with van der Waals surface area (Å²) < 4.78 is 17.2. The molecule has 2 amide bonds. The van der Waals surface area contributed by atoms with Crippen molar-refractivity contribution in [1.29, 1.82) is 0 Å². The van der Waals surface area contributed by atoms with Crippen LogP contribution in [0.5, 0.6) is 17.2 Å². The number of ether oxygens (including phenoxy) is 3. The molecule has 9 nitrogen and oxygen atoms in total. The van der Waals surface area contributed by atoms with Crippen LogP contribution in [0.25, 0.3) is 0 Å². The molecule has 0 fully saturated rings. The van der Waals surface area contributed by atoms with Gasteiger partial charge in [-0.25, -0.2) is 9.78 Å². The van der Waals surface area contributed by atoms with Crippen LogP contribution in [-0.2, 0) is 6.54 Å². The second-order valence-electron chi connectivity index (χ2n) is 5.37. The first-order chi connectivity index (χ1) is 12.5. The third-order valence-corrected chi connectivity index (χ3v) is 3.63. The molecule has 1 aromatic heterocycles. The Hall–Kier alpha value is -3.23. The van der Waals surface area contributed by atoms with Gasteiger partial charge in [0.25, 0.3) is 5.56 Å². The van der Waals surface area contributed by atoms with Crippen LogP contribution in [0.4, 0.5) is 10.5 Å². The van der Waals surface area contributed by atoms with Crippen molar-refractivity contribution in [3.63, 3.8) is 0 Å². The molecule has 0 radical (unpaired) electrons. The summed E-state index contributed by atoms with van der Waals surface area (Å²) in [6.07, 6.45) is 2.94. The van der Waals surface area contributed by atoms with Gasteiger partial charge >= 0.3 is 6.03 Å². The number of hydrogen-bond donors (Lipinski definition) is 2. The number of aryl methyl sites for hydroxylation is 1. The van der Waals surface area contributed by atoms with Gasteiger partial charge in [0.05, 0.1) is 33.3 Å². The molecule has 0 bridgehead atoms. The van der Waals surface area contributed by atoms with Crippen LogP contribution in [-0.4, -0.2) is 43.5 Å². The molecule has 2 aromatic rings. The van der Waals surface area contributed by atoms with Gasteiger partial charge in [-0.05, 0) is 6.92 Å². The van der Waals surface area contributed by atoms with E-state index in [0.29, 0.717) is 35.0 Å². The SMILES string of the molecule is COc1cc(NC(=O)NCCn2cncc(C)c2=O)cc(OC)c1OC. The van der Waals surface area contributed by atoms with Crippen molar-refractivity contribution < 1.29 is 19.0 Å². The molecule has 0 atom stereocenters. The van der Waals surface area contributed by atoms with E-state index in [9.17, 15) is 9.59 Å². The molecule has 140 valence electrons. The highest BCUT2D eigenvalue weighted by Crippen LogP contribution is 2.39. The van der Waals surface area contributed by atoms with E-state index in [-0.39, 0.29) is 12.1 Å². The zero-order valence-corrected chi connectivity index (χ0v) is 15.2. The summed E-state index contributed by atoms with van der Waals surface area (Å²) in [6.45, 7) is 2.27. The number of nitrogens with one attached hydrogen (secondary N) is 2. The molecule has 0 aliphatic heterocycles. The lowest BCUT2D eigenvalue weighted by Crippen LogP contribution is -2.34. The standard InChI is InChI=1S/C17H22N4O5/c1-11-9-18-10-21(16(11)22)6-5-19-17(23)20-12-7-13(24-2)15(26-4)14(8-12)25-3/h7-10H,5-6H2,1-4H3,(H2,19,20,23). The zero-order valence-electron chi connectivity index (χ0n) is 15.2. The molecule has 2 N–H and O–H groups in total. The molecule has 9 heteroatoms. The Morgan fingerprint density at radius 3 is 2.38 bits per heavy atom. The van der Waals surface area contributed by atoms with Gasteiger partial charge in [-0.15, -0.1) is 0 Å². The minimum atomic E-state index is -0.423. The number of hydrogen-bond acceptors (Lipinski definition) is 6. The molecule has 0 unspecified atom stereocenters. The maximum absolute atomic E-state index is 12.1. The topological polar surface area (TPSA) is 104 Å². The Kier molecular flexibility index (Phi) is 6.42. The number of methoxy groups -OCH3 is 3. The smallest absolute Gasteiger partial charge is 0.319 e. The van der Waals surface area contributed by atoms with E-state index in [1.165, 1.54) is 38.4 Å². The fourth-order valence-corrected chi connectivity index (χ4v) is 2.34. The van der Waals surface area contributed by atoms with Gasteiger partial charge < -0.3 is 24.8 Å². The molecular weight excluding hydrogens is 340 g/mol. The summed E-state index contributed by atoms with van der Waals surface area (Å²) in [4.78, 5) is 27.9. The number of rotatable bonds is 7. The van der Waals surface area contributed by atoms with E-state index in [1.54, 1.807) is 19.1 Å². The molecule has 0 aliphatic rings. The lowest BCUT2D eigenvalue weighted by Gasteiger charge is -2.15. The van der Waals surface area contributed by atoms with Crippen LogP contribution in [0.2, 0.25) is 0 Å². The molecule has 0 spiro atoms. The quantitative estimate of drug-likeness (QED) is 0.772. The fourth-order valence-electron chi connectivity index (χ4n) is 2.34. The molecule has 26 heavy (non-hydrogen) atoms. The van der Waals surface area contributed by atoms with Gasteiger partial charge in [-0.3, -0.25) is 9.36 Å². The maximum Gasteiger partial charge on any atom is 0.319 e. The van der Waals surface area contributed by atoms with Crippen LogP contribution in [0.3, 0.4) is 0 Å². The normalized spacial score (nSPS) is 10.2. The van der Waals surface area contributed by atoms with Crippen molar-refractivity contribution in [1.82, 2.24) is 14.9 Å². The van der Waals surface area contributed by atoms with E-state index in [1.807, 2.05) is 0 Å². The van der Waals surface area contributed by atoms with Gasteiger partial charge in [0.15, 0.2) is 11.5 Å². The average Bonchev–Trinajstić information content (AvgIpc) is 2.64. The lowest BCUT2D eigenvalue weighted by molar-refractivity contribution is 0.251. The van der Waals surface area contributed by atoms with Gasteiger partial charge in [-0.2, -0.15) is 0 Å². The molecule has 2 rings (SSSR count). The van der Waals surface area contributed by atoms with E-state index in [4.69, 9.17) is 14.2 Å². The third-order valence-electron chi connectivity index (χ3n) is 3.63. The number of urea groups is 1. The Bertz CT molecular complexity index is 809. The first-order valence-electron chi connectivity index (χ1n) is 7.86. The first kappa shape index (κ1) is 19.1. The number of carbonyl (C=O) groups is 1. The van der Waals surface area contributed by atoms with Gasteiger partial charge in [0.1, 0.15) is 0 Å². The molecule has 0 aliphatic carbocycles. The minimum Gasteiger partial charge on any atom is -0.493 e. The predicted molar refractivity (Wildman–Crippen MR) is 96.4 cm³/mol. The number of amides is 2. The number of nitrogens with zero attached hydrogens (tertiary/aromatic N) is 2. The fraction of sp³-hybridized carbons (Fsp3) is 0.353. The Labute approximate surface area is 150 Å². The Morgan fingerprint density at radius 2 is 1.81 bits per heavy atom. The monoisotopic (exact) mass is 362 g/mol. The van der Waals surface area contributed by atoms with Crippen LogP contribution in [0.1, 0.15) is 5.56 Å². The van der Waals surface area contributed by atoms with Crippen LogP contribution in [0, 0.1) is 6.92 Å². The van der Waals surface area contributed by atoms with Gasteiger partial charge in [0, 0.05) is 37.0 Å². The largest absolute Gasteiger partial charge is 0.493 e. The molecule has 0 saturated heterocycles. The van der Waals surface area contributed by atoms with Crippen molar-refractivity contribution in [3.05, 3.63) is 40.6 Å². The molecule has 0 saturated carbocycles. The average molecular weight is 362 g/mol. The molecular formula is C17H22N4O5. The Morgan fingerprint density at radius 1 is 1.15 bits per heavy atom. The summed E-state index contributed by atoms with van der Waals surface area (Å²) in [5.41, 5.74) is 0.896. The molecule has 1 aromatic carbocycles. The minimum absolute atomic E-state index is 0.133. The highest BCUT2D eigenvalue weighted by molar-refractivity contribution is 5.90. The summed E-state index contributed by atoms with van der Waals surface area (Å²) in [5.74, 6) is 1.30. The van der Waals surface area contributed by atoms with Crippen molar-refractivity contribution in [3.8, 4) is 17.2 Å². The highest BCUT2D eigenvalue weighted by atomic mass is 16.5. The Balaban J connectivity index is 1.99. The van der Waals surface area contributed by atoms with Gasteiger partial charge in [0.2, 0.25) is 5.75 Å². The van der Waals surface area contributed by atoms with E-state index < -0.39 is 6.03 Å². The second-order valence-corrected chi connectivity index (χ2v) is 5.37. The van der Waals surface area contributed by atoms with Crippen molar-refractivity contribution in [2.24, 2.45) is 0 Å². The van der Waals surface area contributed by atoms with E-state index in [2.05, 4.69) is 15.6 Å². The van der Waals surface area contributed by atoms with E-state index in [0.717, 1.165) is 0 Å². The first-order valence-corrected chi connectivity index (χ1v) is 7.86. The van der Waals surface area contributed by atoms with Crippen LogP contribution in [0.15, 0.2) is 29.5 Å². The number of aromatic nitrogens is 2. The van der Waals surface area contributed by atoms with E-state index >= 15 is 0 Å². The summed E-state index contributed by atoms with van der Waals surface area (Å²) in [6, 6.07) is 2.82. The summed E-state index contributed by atoms with van der Waals surface area (Å²) in [5, 5.41) is 5.37. The van der Waals surface area contributed by atoms with Crippen LogP contribution >= 0.6 is 0 Å². The highest BCUT2D eigenvalue weighted by Gasteiger charge is 2.14. The maximum atomic E-state index is 12.1. The second kappa shape index (κ2) is 8.75. The van der Waals surface area contributed by atoms with Crippen molar-refractivity contribution >= 4 is 11.7 Å². The lowest BCUT2D eigenvalue weighted by atomic mass is 10.2. The van der Waals surface area contributed by atoms with Crippen molar-refractivity contribution in [2.45, 2.75) is 13.5 Å². The van der Waals surface area contributed by atoms with Gasteiger partial charge in [-0.1, -0.05) is 0 Å². The number of carbonyl (C=O) groups excluding carboxylic acids is 1. The third kappa shape index (κ3) is 4.44.